The van der Waals surface area contributed by atoms with Crippen molar-refractivity contribution in [3.05, 3.63) is 70.3 Å². The summed E-state index contributed by atoms with van der Waals surface area (Å²) in [7, 11) is 10.1. The van der Waals surface area contributed by atoms with Gasteiger partial charge in [0.15, 0.2) is 23.0 Å². The molecule has 5 rings (SSSR count). The first-order chi connectivity index (χ1) is 19.0. The predicted molar refractivity (Wildman–Crippen MR) is 150 cm³/mol. The largest absolute Gasteiger partial charge is 0.497 e. The van der Waals surface area contributed by atoms with Crippen LogP contribution in [0.5, 0.6) is 34.5 Å². The molecule has 0 spiro atoms. The van der Waals surface area contributed by atoms with Gasteiger partial charge in [0.05, 0.1) is 54.7 Å². The van der Waals surface area contributed by atoms with Gasteiger partial charge in [0.2, 0.25) is 0 Å². The molecule has 1 N–H and O–H groups in total. The average Bonchev–Trinajstić information content (AvgIpc) is 2.99. The van der Waals surface area contributed by atoms with Gasteiger partial charge in [-0.2, -0.15) is 0 Å². The second kappa shape index (κ2) is 11.6. The van der Waals surface area contributed by atoms with E-state index in [0.717, 1.165) is 66.0 Å². The standard InChI is InChI=1S/C31H38N2O6/c1-34-22-7-8-25(35-2)21(13-22)18-33-12-10-20-15-27(37-4)29(39-6)17-24(20)31(33)30-23-16-28(38-5)26(36-3)14-19(23)9-11-32-30/h7-8,13-17,30-32H,9-12,18H2,1-6H3/t30-,31-/m0/s1. The van der Waals surface area contributed by atoms with Gasteiger partial charge in [0.1, 0.15) is 11.5 Å². The molecule has 8 nitrogen and oxygen atoms in total. The maximum atomic E-state index is 5.76. The van der Waals surface area contributed by atoms with E-state index in [1.165, 1.54) is 22.3 Å². The van der Waals surface area contributed by atoms with E-state index in [2.05, 4.69) is 40.5 Å². The Kier molecular flexibility index (Phi) is 8.04. The smallest absolute Gasteiger partial charge is 0.161 e. The summed E-state index contributed by atoms with van der Waals surface area (Å²) in [4.78, 5) is 2.52. The SMILES string of the molecule is COc1ccc(OC)c(CN2CCc3cc(OC)c(OC)cc3[C@H]2[C@H]2NCCc3cc(OC)c(OC)cc32)c1. The molecule has 39 heavy (non-hydrogen) atoms. The number of hydrogen-bond acceptors (Lipinski definition) is 8. The summed E-state index contributed by atoms with van der Waals surface area (Å²) in [5.41, 5.74) is 6.05. The molecule has 0 radical (unpaired) electrons. The van der Waals surface area contributed by atoms with Crippen molar-refractivity contribution >= 4 is 0 Å². The molecule has 3 aromatic rings. The molecule has 2 atom stereocenters. The third kappa shape index (κ3) is 5.06. The van der Waals surface area contributed by atoms with E-state index < -0.39 is 0 Å². The summed E-state index contributed by atoms with van der Waals surface area (Å²) in [6, 6.07) is 14.5. The van der Waals surface area contributed by atoms with Gasteiger partial charge in [-0.25, -0.2) is 0 Å². The van der Waals surface area contributed by atoms with Crippen molar-refractivity contribution in [1.82, 2.24) is 10.2 Å². The lowest BCUT2D eigenvalue weighted by atomic mass is 9.81. The van der Waals surface area contributed by atoms with Crippen LogP contribution in [0.15, 0.2) is 42.5 Å². The first-order valence-corrected chi connectivity index (χ1v) is 13.2. The van der Waals surface area contributed by atoms with E-state index >= 15 is 0 Å². The maximum absolute atomic E-state index is 5.76. The quantitative estimate of drug-likeness (QED) is 0.423. The van der Waals surface area contributed by atoms with Crippen LogP contribution in [0.2, 0.25) is 0 Å². The molecule has 3 aromatic carbocycles. The number of methoxy groups -OCH3 is 6. The third-order valence-corrected chi connectivity index (χ3v) is 7.94. The summed E-state index contributed by atoms with van der Waals surface area (Å²) in [5.74, 6) is 4.62. The predicted octanol–water partition coefficient (Wildman–Crippen LogP) is 4.72. The highest BCUT2D eigenvalue weighted by Gasteiger charge is 2.38. The van der Waals surface area contributed by atoms with Crippen molar-refractivity contribution in [3.8, 4) is 34.5 Å². The van der Waals surface area contributed by atoms with Crippen molar-refractivity contribution < 1.29 is 28.4 Å². The molecule has 8 heteroatoms. The monoisotopic (exact) mass is 534 g/mol. The van der Waals surface area contributed by atoms with Gasteiger partial charge in [-0.05, 0) is 84.1 Å². The van der Waals surface area contributed by atoms with Crippen LogP contribution in [0.4, 0.5) is 0 Å². The Morgan fingerprint density at radius 3 is 1.87 bits per heavy atom. The number of nitrogens with zero attached hydrogens (tertiary/aromatic N) is 1. The number of nitrogens with one attached hydrogen (secondary N) is 1. The van der Waals surface area contributed by atoms with Crippen LogP contribution in [-0.4, -0.2) is 60.6 Å². The second-order valence-electron chi connectivity index (χ2n) is 9.84. The molecule has 0 saturated heterocycles. The zero-order chi connectivity index (χ0) is 27.5. The van der Waals surface area contributed by atoms with E-state index in [-0.39, 0.29) is 12.1 Å². The lowest BCUT2D eigenvalue weighted by molar-refractivity contribution is 0.132. The lowest BCUT2D eigenvalue weighted by Crippen LogP contribution is -2.44. The van der Waals surface area contributed by atoms with Gasteiger partial charge < -0.3 is 33.7 Å². The minimum atomic E-state index is 0.0154. The molecule has 0 amide bonds. The highest BCUT2D eigenvalue weighted by Crippen LogP contribution is 2.47. The van der Waals surface area contributed by atoms with Crippen molar-refractivity contribution in [2.45, 2.75) is 31.5 Å². The Balaban J connectivity index is 1.65. The number of fused-ring (bicyclic) bond motifs is 2. The zero-order valence-corrected chi connectivity index (χ0v) is 23.6. The molecule has 0 saturated carbocycles. The summed E-state index contributed by atoms with van der Waals surface area (Å²) < 4.78 is 34.1. The Hall–Kier alpha value is -3.62. The molecule has 2 aliphatic rings. The molecule has 0 fully saturated rings. The fourth-order valence-corrected chi connectivity index (χ4v) is 6.02. The van der Waals surface area contributed by atoms with E-state index in [0.29, 0.717) is 6.54 Å². The number of benzene rings is 3. The van der Waals surface area contributed by atoms with Crippen LogP contribution in [0.3, 0.4) is 0 Å². The van der Waals surface area contributed by atoms with E-state index in [1.54, 1.807) is 42.7 Å². The first kappa shape index (κ1) is 27.0. The van der Waals surface area contributed by atoms with Gasteiger partial charge in [-0.1, -0.05) is 0 Å². The van der Waals surface area contributed by atoms with Crippen LogP contribution in [0, 0.1) is 0 Å². The minimum Gasteiger partial charge on any atom is -0.497 e. The van der Waals surface area contributed by atoms with Crippen LogP contribution in [0.1, 0.15) is 39.9 Å². The van der Waals surface area contributed by atoms with Gasteiger partial charge in [-0.3, -0.25) is 4.90 Å². The Bertz CT molecular complexity index is 1330. The molecule has 0 unspecified atom stereocenters. The van der Waals surface area contributed by atoms with Crippen molar-refractivity contribution in [1.29, 1.82) is 0 Å². The highest BCUT2D eigenvalue weighted by molar-refractivity contribution is 5.53. The van der Waals surface area contributed by atoms with Crippen LogP contribution >= 0.6 is 0 Å². The topological polar surface area (TPSA) is 70.7 Å². The molecule has 0 aliphatic carbocycles. The fourth-order valence-electron chi connectivity index (χ4n) is 6.02. The van der Waals surface area contributed by atoms with Crippen LogP contribution < -0.4 is 33.7 Å². The molecule has 0 aromatic heterocycles. The van der Waals surface area contributed by atoms with Crippen LogP contribution in [-0.2, 0) is 19.4 Å². The lowest BCUT2D eigenvalue weighted by Gasteiger charge is -2.44. The van der Waals surface area contributed by atoms with Crippen molar-refractivity contribution in [2.75, 3.05) is 55.7 Å². The zero-order valence-electron chi connectivity index (χ0n) is 23.6. The summed E-state index contributed by atoms with van der Waals surface area (Å²) in [5, 5.41) is 3.84. The summed E-state index contributed by atoms with van der Waals surface area (Å²) >= 11 is 0. The summed E-state index contributed by atoms with van der Waals surface area (Å²) in [6.07, 6.45) is 1.81. The average molecular weight is 535 g/mol. The maximum Gasteiger partial charge on any atom is 0.161 e. The van der Waals surface area contributed by atoms with Crippen LogP contribution in [0.25, 0.3) is 0 Å². The molecule has 2 aliphatic heterocycles. The Morgan fingerprint density at radius 1 is 0.667 bits per heavy atom. The molecule has 208 valence electrons. The van der Waals surface area contributed by atoms with Gasteiger partial charge >= 0.3 is 0 Å². The van der Waals surface area contributed by atoms with E-state index in [4.69, 9.17) is 28.4 Å². The van der Waals surface area contributed by atoms with Gasteiger partial charge in [0, 0.05) is 18.7 Å². The van der Waals surface area contributed by atoms with Gasteiger partial charge in [0.25, 0.3) is 0 Å². The normalized spacial score (nSPS) is 18.5. The minimum absolute atomic E-state index is 0.0154. The van der Waals surface area contributed by atoms with Gasteiger partial charge in [-0.15, -0.1) is 0 Å². The Labute approximate surface area is 230 Å². The molecule has 0 bridgehead atoms. The molecular formula is C31H38N2O6. The van der Waals surface area contributed by atoms with E-state index in [1.807, 2.05) is 12.1 Å². The second-order valence-corrected chi connectivity index (χ2v) is 9.84. The van der Waals surface area contributed by atoms with Crippen molar-refractivity contribution in [2.24, 2.45) is 0 Å². The Morgan fingerprint density at radius 2 is 1.26 bits per heavy atom. The summed E-state index contributed by atoms with van der Waals surface area (Å²) in [6.45, 7) is 2.43. The third-order valence-electron chi connectivity index (χ3n) is 7.94. The molecule has 2 heterocycles. The number of ether oxygens (including phenoxy) is 6. The fraction of sp³-hybridized carbons (Fsp3) is 0.419. The highest BCUT2D eigenvalue weighted by atomic mass is 16.5. The number of hydrogen-bond donors (Lipinski definition) is 1. The number of rotatable bonds is 9. The van der Waals surface area contributed by atoms with Crippen molar-refractivity contribution in [3.63, 3.8) is 0 Å². The molecular weight excluding hydrogens is 496 g/mol. The first-order valence-electron chi connectivity index (χ1n) is 13.2. The van der Waals surface area contributed by atoms with E-state index in [9.17, 15) is 0 Å².